The molecule has 1 aromatic rings. The van der Waals surface area contributed by atoms with Crippen molar-refractivity contribution in [2.24, 2.45) is 0 Å². The molecule has 0 aromatic heterocycles. The van der Waals surface area contributed by atoms with Crippen molar-refractivity contribution in [3.63, 3.8) is 0 Å². The molecule has 1 fully saturated rings. The monoisotopic (exact) mass is 283 g/mol. The molecule has 0 spiro atoms. The van der Waals surface area contributed by atoms with Crippen LogP contribution in [0.25, 0.3) is 0 Å². The number of hydrogen-bond donors (Lipinski definition) is 1. The third kappa shape index (κ3) is 3.29. The number of ether oxygens (including phenoxy) is 2. The van der Waals surface area contributed by atoms with Gasteiger partial charge in [-0.3, -0.25) is 0 Å². The molecule has 0 amide bonds. The van der Waals surface area contributed by atoms with Gasteiger partial charge in [-0.15, -0.1) is 0 Å². The van der Waals surface area contributed by atoms with E-state index >= 15 is 0 Å². The summed E-state index contributed by atoms with van der Waals surface area (Å²) in [5.74, 6) is 0. The maximum absolute atomic E-state index is 6.22. The number of benzene rings is 1. The van der Waals surface area contributed by atoms with Crippen LogP contribution in [0.1, 0.15) is 31.9 Å². The van der Waals surface area contributed by atoms with Gasteiger partial charge < -0.3 is 14.8 Å². The summed E-state index contributed by atoms with van der Waals surface area (Å²) in [4.78, 5) is 0. The topological polar surface area (TPSA) is 30.5 Å². The van der Waals surface area contributed by atoms with Crippen molar-refractivity contribution in [1.29, 1.82) is 0 Å². The fourth-order valence-corrected chi connectivity index (χ4v) is 2.97. The van der Waals surface area contributed by atoms with Gasteiger partial charge in [-0.25, -0.2) is 0 Å². The summed E-state index contributed by atoms with van der Waals surface area (Å²) in [5.41, 5.74) is 1.12. The molecule has 1 aliphatic rings. The lowest BCUT2D eigenvalue weighted by Crippen LogP contribution is -2.60. The highest BCUT2D eigenvalue weighted by Crippen LogP contribution is 2.30. The standard InChI is InChI=1S/C15H22ClNO2/c1-4-19-14-9-13(15(14)18-3)17-10(2)11-7-5-6-8-12(11)16/h5-8,10,13-15,17H,4,9H2,1-3H3. The summed E-state index contributed by atoms with van der Waals surface area (Å²) in [7, 11) is 1.74. The van der Waals surface area contributed by atoms with Crippen molar-refractivity contribution >= 4 is 11.6 Å². The smallest absolute Gasteiger partial charge is 0.0987 e. The Bertz CT molecular complexity index is 413. The van der Waals surface area contributed by atoms with Crippen molar-refractivity contribution in [3.05, 3.63) is 34.9 Å². The summed E-state index contributed by atoms with van der Waals surface area (Å²) in [6, 6.07) is 8.47. The Morgan fingerprint density at radius 1 is 1.42 bits per heavy atom. The summed E-state index contributed by atoms with van der Waals surface area (Å²) >= 11 is 6.22. The second-order valence-electron chi connectivity index (χ2n) is 4.95. The van der Waals surface area contributed by atoms with Crippen LogP contribution in [0.2, 0.25) is 5.02 Å². The van der Waals surface area contributed by atoms with Gasteiger partial charge in [0, 0.05) is 30.8 Å². The quantitative estimate of drug-likeness (QED) is 0.870. The minimum atomic E-state index is 0.130. The van der Waals surface area contributed by atoms with E-state index in [1.54, 1.807) is 7.11 Å². The van der Waals surface area contributed by atoms with Gasteiger partial charge in [0.05, 0.1) is 12.2 Å². The van der Waals surface area contributed by atoms with Crippen LogP contribution in [-0.4, -0.2) is 32.0 Å². The van der Waals surface area contributed by atoms with Gasteiger partial charge in [0.2, 0.25) is 0 Å². The van der Waals surface area contributed by atoms with Crippen LogP contribution in [0.5, 0.6) is 0 Å². The normalized spacial score (nSPS) is 27.9. The molecule has 0 radical (unpaired) electrons. The number of nitrogens with one attached hydrogen (secondary N) is 1. The Morgan fingerprint density at radius 3 is 2.79 bits per heavy atom. The minimum absolute atomic E-state index is 0.130. The van der Waals surface area contributed by atoms with Crippen LogP contribution < -0.4 is 5.32 Å². The van der Waals surface area contributed by atoms with Gasteiger partial charge in [-0.05, 0) is 31.9 Å². The lowest BCUT2D eigenvalue weighted by Gasteiger charge is -2.44. The molecule has 3 nitrogen and oxygen atoms in total. The lowest BCUT2D eigenvalue weighted by molar-refractivity contribution is -0.133. The molecule has 19 heavy (non-hydrogen) atoms. The average Bonchev–Trinajstić information content (AvgIpc) is 2.38. The van der Waals surface area contributed by atoms with Crippen LogP contribution in [-0.2, 0) is 9.47 Å². The Balaban J connectivity index is 1.93. The van der Waals surface area contributed by atoms with Crippen molar-refractivity contribution in [3.8, 4) is 0 Å². The zero-order chi connectivity index (χ0) is 13.8. The van der Waals surface area contributed by atoms with E-state index < -0.39 is 0 Å². The third-order valence-electron chi connectivity index (χ3n) is 3.74. The Hall–Kier alpha value is -0.610. The predicted molar refractivity (Wildman–Crippen MR) is 77.6 cm³/mol. The SMILES string of the molecule is CCOC1CC(NC(C)c2ccccc2Cl)C1OC. The Kier molecular flexibility index (Phi) is 5.22. The zero-order valence-electron chi connectivity index (χ0n) is 11.7. The first-order chi connectivity index (χ1) is 9.17. The van der Waals surface area contributed by atoms with E-state index in [0.29, 0.717) is 6.04 Å². The second-order valence-corrected chi connectivity index (χ2v) is 5.35. The third-order valence-corrected chi connectivity index (χ3v) is 4.08. The van der Waals surface area contributed by atoms with Gasteiger partial charge >= 0.3 is 0 Å². The van der Waals surface area contributed by atoms with Crippen LogP contribution in [0.15, 0.2) is 24.3 Å². The van der Waals surface area contributed by atoms with Crippen molar-refractivity contribution in [2.75, 3.05) is 13.7 Å². The zero-order valence-corrected chi connectivity index (χ0v) is 12.5. The number of methoxy groups -OCH3 is 1. The molecule has 4 atom stereocenters. The van der Waals surface area contributed by atoms with E-state index in [2.05, 4.69) is 18.3 Å². The molecular formula is C15H22ClNO2. The molecule has 4 unspecified atom stereocenters. The van der Waals surface area contributed by atoms with Crippen LogP contribution in [0.3, 0.4) is 0 Å². The van der Waals surface area contributed by atoms with E-state index in [-0.39, 0.29) is 18.2 Å². The molecule has 1 N–H and O–H groups in total. The highest BCUT2D eigenvalue weighted by Gasteiger charge is 2.42. The lowest BCUT2D eigenvalue weighted by atomic mass is 9.84. The second kappa shape index (κ2) is 6.71. The van der Waals surface area contributed by atoms with Gasteiger partial charge in [-0.2, -0.15) is 0 Å². The fourth-order valence-electron chi connectivity index (χ4n) is 2.67. The first-order valence-corrected chi connectivity index (χ1v) is 7.20. The van der Waals surface area contributed by atoms with Gasteiger partial charge in [0.25, 0.3) is 0 Å². The van der Waals surface area contributed by atoms with Crippen LogP contribution in [0.4, 0.5) is 0 Å². The predicted octanol–water partition coefficient (Wildman–Crippen LogP) is 3.18. The van der Waals surface area contributed by atoms with Crippen molar-refractivity contribution in [1.82, 2.24) is 5.32 Å². The fraction of sp³-hybridized carbons (Fsp3) is 0.600. The maximum atomic E-state index is 6.22. The molecule has 4 heteroatoms. The van der Waals surface area contributed by atoms with Crippen molar-refractivity contribution < 1.29 is 9.47 Å². The molecule has 1 saturated carbocycles. The number of rotatable bonds is 6. The largest absolute Gasteiger partial charge is 0.377 e. The number of halogens is 1. The van der Waals surface area contributed by atoms with E-state index in [4.69, 9.17) is 21.1 Å². The molecule has 106 valence electrons. The molecule has 2 rings (SSSR count). The average molecular weight is 284 g/mol. The summed E-state index contributed by atoms with van der Waals surface area (Å²) in [5, 5.41) is 4.38. The van der Waals surface area contributed by atoms with E-state index in [0.717, 1.165) is 23.6 Å². The maximum Gasteiger partial charge on any atom is 0.0987 e. The number of hydrogen-bond acceptors (Lipinski definition) is 3. The molecule has 0 aliphatic heterocycles. The first kappa shape index (κ1) is 14.8. The molecule has 1 aliphatic carbocycles. The van der Waals surface area contributed by atoms with E-state index in [9.17, 15) is 0 Å². The minimum Gasteiger partial charge on any atom is -0.377 e. The van der Waals surface area contributed by atoms with Crippen LogP contribution in [0, 0.1) is 0 Å². The summed E-state index contributed by atoms with van der Waals surface area (Å²) < 4.78 is 11.1. The van der Waals surface area contributed by atoms with Crippen molar-refractivity contribution in [2.45, 2.75) is 44.6 Å². The van der Waals surface area contributed by atoms with Gasteiger partial charge in [-0.1, -0.05) is 29.8 Å². The van der Waals surface area contributed by atoms with E-state index in [1.807, 2.05) is 25.1 Å². The first-order valence-electron chi connectivity index (χ1n) is 6.82. The molecule has 0 heterocycles. The molecule has 0 saturated heterocycles. The summed E-state index contributed by atoms with van der Waals surface area (Å²) in [6.45, 7) is 4.87. The van der Waals surface area contributed by atoms with Crippen LogP contribution >= 0.6 is 11.6 Å². The molecular weight excluding hydrogens is 262 g/mol. The van der Waals surface area contributed by atoms with Gasteiger partial charge in [0.1, 0.15) is 0 Å². The molecule has 1 aromatic carbocycles. The van der Waals surface area contributed by atoms with E-state index in [1.165, 1.54) is 0 Å². The molecule has 0 bridgehead atoms. The highest BCUT2D eigenvalue weighted by atomic mass is 35.5. The van der Waals surface area contributed by atoms with Gasteiger partial charge in [0.15, 0.2) is 0 Å². The highest BCUT2D eigenvalue weighted by molar-refractivity contribution is 6.31. The summed E-state index contributed by atoms with van der Waals surface area (Å²) in [6.07, 6.45) is 1.33. The Labute approximate surface area is 120 Å². The Morgan fingerprint density at radius 2 is 2.16 bits per heavy atom.